The van der Waals surface area contributed by atoms with Crippen molar-refractivity contribution in [2.45, 2.75) is 26.9 Å². The maximum Gasteiger partial charge on any atom is 0.266 e. The zero-order valence-corrected chi connectivity index (χ0v) is 25.7. The van der Waals surface area contributed by atoms with E-state index in [1.165, 1.54) is 33.7 Å². The summed E-state index contributed by atoms with van der Waals surface area (Å²) in [4.78, 5) is 21.0. The number of carbonyl (C=O) groups is 1. The number of aliphatic imine (C=N–C) groups is 1. The Morgan fingerprint density at radius 2 is 1.59 bits per heavy atom. The lowest BCUT2D eigenvalue weighted by Gasteiger charge is -2.15. The molecule has 5 aromatic carbocycles. The van der Waals surface area contributed by atoms with Crippen molar-refractivity contribution in [3.05, 3.63) is 142 Å². The monoisotopic (exact) mass is 598 g/mol. The molecule has 0 aliphatic carbocycles. The van der Waals surface area contributed by atoms with Crippen molar-refractivity contribution in [1.82, 2.24) is 4.90 Å². The number of nitrogens with zero attached hydrogens (tertiary/aromatic N) is 2. The van der Waals surface area contributed by atoms with Gasteiger partial charge < -0.3 is 9.47 Å². The maximum atomic E-state index is 13.7. The Labute approximate surface area is 262 Å². The van der Waals surface area contributed by atoms with Crippen molar-refractivity contribution in [2.24, 2.45) is 4.99 Å². The van der Waals surface area contributed by atoms with Gasteiger partial charge in [0.05, 0.1) is 17.2 Å². The number of ether oxygens (including phenoxy) is 2. The number of rotatable bonds is 10. The Balaban J connectivity index is 1.25. The number of amidine groups is 1. The number of benzene rings is 5. The number of amides is 1. The quantitative estimate of drug-likeness (QED) is 0.151. The highest BCUT2D eigenvalue weighted by molar-refractivity contribution is 8.18. The summed E-state index contributed by atoms with van der Waals surface area (Å²) in [5.41, 5.74) is 5.14. The molecule has 44 heavy (non-hydrogen) atoms. The van der Waals surface area contributed by atoms with Gasteiger partial charge in [-0.05, 0) is 89.8 Å². The van der Waals surface area contributed by atoms with Gasteiger partial charge in [0.2, 0.25) is 0 Å². The molecule has 0 unspecified atom stereocenters. The van der Waals surface area contributed by atoms with Crippen LogP contribution in [0.5, 0.6) is 11.5 Å². The molecule has 1 fully saturated rings. The molecule has 1 aliphatic rings. The zero-order valence-electron chi connectivity index (χ0n) is 24.9. The van der Waals surface area contributed by atoms with Crippen LogP contribution in [0.3, 0.4) is 0 Å². The van der Waals surface area contributed by atoms with Gasteiger partial charge in [0.25, 0.3) is 5.91 Å². The highest BCUT2D eigenvalue weighted by Crippen LogP contribution is 2.36. The third-order valence-electron chi connectivity index (χ3n) is 7.44. The SMILES string of the molecule is CCOc1cc(/C=C2/SC(=Nc3ccc(C)cc3)N(CCc3ccccc3)C2=O)ccc1OCc1cccc2ccccc12. The van der Waals surface area contributed by atoms with Gasteiger partial charge in [-0.3, -0.25) is 9.69 Å². The number of hydrogen-bond donors (Lipinski definition) is 0. The van der Waals surface area contributed by atoms with Gasteiger partial charge in [-0.15, -0.1) is 0 Å². The Bertz CT molecular complexity index is 1830. The van der Waals surface area contributed by atoms with Crippen LogP contribution >= 0.6 is 11.8 Å². The molecule has 0 aromatic heterocycles. The molecule has 5 nitrogen and oxygen atoms in total. The van der Waals surface area contributed by atoms with Crippen LogP contribution in [0.25, 0.3) is 16.8 Å². The second kappa shape index (κ2) is 13.7. The highest BCUT2D eigenvalue weighted by atomic mass is 32.2. The van der Waals surface area contributed by atoms with Gasteiger partial charge in [-0.2, -0.15) is 0 Å². The molecule has 0 bridgehead atoms. The first kappa shape index (κ1) is 29.3. The molecule has 0 atom stereocenters. The van der Waals surface area contributed by atoms with Crippen LogP contribution in [-0.4, -0.2) is 29.1 Å². The largest absolute Gasteiger partial charge is 0.490 e. The first-order chi connectivity index (χ1) is 21.6. The molecular formula is C38H34N2O3S. The summed E-state index contributed by atoms with van der Waals surface area (Å²) in [5, 5.41) is 3.04. The van der Waals surface area contributed by atoms with Gasteiger partial charge in [0.1, 0.15) is 6.61 Å². The van der Waals surface area contributed by atoms with Crippen LogP contribution in [0, 0.1) is 6.92 Å². The van der Waals surface area contributed by atoms with Crippen LogP contribution in [0.4, 0.5) is 5.69 Å². The second-order valence-corrected chi connectivity index (χ2v) is 11.6. The molecule has 6 heteroatoms. The zero-order chi connectivity index (χ0) is 30.3. The normalized spacial score (nSPS) is 15.0. The molecule has 220 valence electrons. The summed E-state index contributed by atoms with van der Waals surface area (Å²) in [7, 11) is 0. The molecule has 0 N–H and O–H groups in total. The summed E-state index contributed by atoms with van der Waals surface area (Å²) in [6.07, 6.45) is 2.65. The number of thioether (sulfide) groups is 1. The molecule has 0 spiro atoms. The van der Waals surface area contributed by atoms with Gasteiger partial charge in [-0.1, -0.05) is 96.6 Å². The summed E-state index contributed by atoms with van der Waals surface area (Å²) in [5.74, 6) is 1.26. The van der Waals surface area contributed by atoms with Gasteiger partial charge >= 0.3 is 0 Å². The first-order valence-corrected chi connectivity index (χ1v) is 15.7. The molecule has 6 rings (SSSR count). The minimum Gasteiger partial charge on any atom is -0.490 e. The lowest BCUT2D eigenvalue weighted by Crippen LogP contribution is -2.31. The predicted molar refractivity (Wildman–Crippen MR) is 182 cm³/mol. The lowest BCUT2D eigenvalue weighted by molar-refractivity contribution is -0.122. The molecule has 1 heterocycles. The van der Waals surface area contributed by atoms with E-state index in [1.54, 1.807) is 4.90 Å². The Hall–Kier alpha value is -4.81. The molecular weight excluding hydrogens is 564 g/mol. The van der Waals surface area contributed by atoms with Crippen molar-refractivity contribution in [3.63, 3.8) is 0 Å². The average molecular weight is 599 g/mol. The molecule has 5 aromatic rings. The third kappa shape index (κ3) is 6.87. The molecule has 1 amide bonds. The molecule has 1 aliphatic heterocycles. The number of fused-ring (bicyclic) bond motifs is 1. The fraction of sp³-hybridized carbons (Fsp3) is 0.158. The van der Waals surface area contributed by atoms with E-state index in [2.05, 4.69) is 42.5 Å². The van der Waals surface area contributed by atoms with Gasteiger partial charge in [0, 0.05) is 6.54 Å². The van der Waals surface area contributed by atoms with Gasteiger partial charge in [-0.25, -0.2) is 4.99 Å². The molecule has 1 saturated heterocycles. The highest BCUT2D eigenvalue weighted by Gasteiger charge is 2.33. The number of aryl methyl sites for hydroxylation is 1. The number of carbonyl (C=O) groups excluding carboxylic acids is 1. The molecule has 0 radical (unpaired) electrons. The van der Waals surface area contributed by atoms with E-state index in [0.717, 1.165) is 23.2 Å². The Morgan fingerprint density at radius 3 is 2.41 bits per heavy atom. The summed E-state index contributed by atoms with van der Waals surface area (Å²) < 4.78 is 12.3. The fourth-order valence-corrected chi connectivity index (χ4v) is 6.16. The van der Waals surface area contributed by atoms with Crippen LogP contribution in [0.2, 0.25) is 0 Å². The minimum absolute atomic E-state index is 0.0500. The predicted octanol–water partition coefficient (Wildman–Crippen LogP) is 8.97. The second-order valence-electron chi connectivity index (χ2n) is 10.6. The molecule has 0 saturated carbocycles. The Kier molecular flexibility index (Phi) is 9.09. The van der Waals surface area contributed by atoms with Crippen molar-refractivity contribution < 1.29 is 14.3 Å². The van der Waals surface area contributed by atoms with E-state index in [-0.39, 0.29) is 5.91 Å². The van der Waals surface area contributed by atoms with E-state index in [0.29, 0.717) is 41.3 Å². The van der Waals surface area contributed by atoms with Gasteiger partial charge in [0.15, 0.2) is 16.7 Å². The van der Waals surface area contributed by atoms with E-state index in [1.807, 2.05) is 92.7 Å². The van der Waals surface area contributed by atoms with Crippen molar-refractivity contribution >= 4 is 45.4 Å². The van der Waals surface area contributed by atoms with Crippen molar-refractivity contribution in [3.8, 4) is 11.5 Å². The topological polar surface area (TPSA) is 51.1 Å². The van der Waals surface area contributed by atoms with Crippen molar-refractivity contribution in [2.75, 3.05) is 13.2 Å². The average Bonchev–Trinajstić information content (AvgIpc) is 3.34. The third-order valence-corrected chi connectivity index (χ3v) is 8.45. The first-order valence-electron chi connectivity index (χ1n) is 14.8. The standard InChI is InChI=1S/C38H34N2O3S/c1-3-42-35-24-29(18-21-34(35)43-26-31-14-9-13-30-12-7-8-15-33(30)31)25-36-37(41)40(23-22-28-10-5-4-6-11-28)38(44-36)39-32-19-16-27(2)17-20-32/h4-21,24-25H,3,22-23,26H2,1-2H3/b36-25+,39-38?. The van der Waals surface area contributed by atoms with Crippen LogP contribution in [0.15, 0.2) is 125 Å². The van der Waals surface area contributed by atoms with Crippen LogP contribution in [-0.2, 0) is 17.8 Å². The maximum absolute atomic E-state index is 13.7. The Morgan fingerprint density at radius 1 is 0.818 bits per heavy atom. The van der Waals surface area contributed by atoms with E-state index in [4.69, 9.17) is 14.5 Å². The lowest BCUT2D eigenvalue weighted by atomic mass is 10.1. The minimum atomic E-state index is -0.0500. The van der Waals surface area contributed by atoms with E-state index >= 15 is 0 Å². The van der Waals surface area contributed by atoms with Crippen LogP contribution < -0.4 is 9.47 Å². The number of hydrogen-bond acceptors (Lipinski definition) is 5. The summed E-state index contributed by atoms with van der Waals surface area (Å²) in [6, 6.07) is 38.6. The van der Waals surface area contributed by atoms with Crippen LogP contribution in [0.1, 0.15) is 29.2 Å². The van der Waals surface area contributed by atoms with Crippen molar-refractivity contribution in [1.29, 1.82) is 0 Å². The smallest absolute Gasteiger partial charge is 0.266 e. The summed E-state index contributed by atoms with van der Waals surface area (Å²) in [6.45, 7) is 5.47. The van der Waals surface area contributed by atoms with E-state index in [9.17, 15) is 4.79 Å². The fourth-order valence-electron chi connectivity index (χ4n) is 5.13. The summed E-state index contributed by atoms with van der Waals surface area (Å²) >= 11 is 1.40. The van der Waals surface area contributed by atoms with E-state index < -0.39 is 0 Å².